The molecule has 0 unspecified atom stereocenters. The summed E-state index contributed by atoms with van der Waals surface area (Å²) in [7, 11) is 0. The lowest BCUT2D eigenvalue weighted by Crippen LogP contribution is -2.24. The molecule has 0 fully saturated rings. The van der Waals surface area contributed by atoms with E-state index in [2.05, 4.69) is 52.9 Å². The number of benzene rings is 2. The Bertz CT molecular complexity index is 816. The smallest absolute Gasteiger partial charge is 0.240 e. The summed E-state index contributed by atoms with van der Waals surface area (Å²) < 4.78 is 1.94. The molecule has 0 bridgehead atoms. The van der Waals surface area contributed by atoms with E-state index in [-0.39, 0.29) is 24.7 Å². The molecular weight excluding hydrogens is 488 g/mol. The van der Waals surface area contributed by atoms with Crippen molar-refractivity contribution >= 4 is 55.1 Å². The minimum atomic E-state index is -0.333. The average molecular weight is 508 g/mol. The maximum absolute atomic E-state index is 11.9. The zero-order chi connectivity index (χ0) is 20.5. The molecule has 6 nitrogen and oxygen atoms in total. The first kappa shape index (κ1) is 22.0. The van der Waals surface area contributed by atoms with Crippen LogP contribution in [0.2, 0.25) is 0 Å². The third kappa shape index (κ3) is 7.36. The van der Waals surface area contributed by atoms with Crippen molar-refractivity contribution < 1.29 is 9.59 Å². The van der Waals surface area contributed by atoms with Gasteiger partial charge < -0.3 is 0 Å². The molecule has 0 saturated carbocycles. The van der Waals surface area contributed by atoms with Crippen LogP contribution in [0.4, 0.5) is 0 Å². The number of halogens is 2. The highest BCUT2D eigenvalue weighted by molar-refractivity contribution is 9.10. The minimum Gasteiger partial charge on any atom is -0.273 e. The summed E-state index contributed by atoms with van der Waals surface area (Å²) >= 11 is 6.74. The molecule has 0 aliphatic heterocycles. The standard InChI is InChI=1S/C20H20Br2N4O2/c1-13(15-3-7-17(21)8-4-15)23-25-19(27)11-12-20(28)26-24-14(2)16-5-9-18(22)10-6-16/h3-10H,11-12H2,1-2H3,(H,25,27)(H,26,28). The number of carbonyl (C=O) groups is 2. The van der Waals surface area contributed by atoms with E-state index in [0.717, 1.165) is 20.1 Å². The monoisotopic (exact) mass is 506 g/mol. The van der Waals surface area contributed by atoms with E-state index in [1.54, 1.807) is 13.8 Å². The predicted molar refractivity (Wildman–Crippen MR) is 118 cm³/mol. The normalized spacial score (nSPS) is 11.9. The molecule has 2 N–H and O–H groups in total. The van der Waals surface area contributed by atoms with E-state index >= 15 is 0 Å². The molecule has 28 heavy (non-hydrogen) atoms. The van der Waals surface area contributed by atoms with Crippen LogP contribution in [0.3, 0.4) is 0 Å². The van der Waals surface area contributed by atoms with Gasteiger partial charge in [-0.25, -0.2) is 10.9 Å². The zero-order valence-electron chi connectivity index (χ0n) is 15.5. The van der Waals surface area contributed by atoms with Crippen LogP contribution in [0.1, 0.15) is 37.8 Å². The first-order valence-corrected chi connectivity index (χ1v) is 10.1. The van der Waals surface area contributed by atoms with E-state index < -0.39 is 0 Å². The molecule has 2 rings (SSSR count). The van der Waals surface area contributed by atoms with E-state index in [1.807, 2.05) is 48.5 Å². The zero-order valence-corrected chi connectivity index (χ0v) is 18.7. The van der Waals surface area contributed by atoms with Gasteiger partial charge in [-0.15, -0.1) is 0 Å². The largest absolute Gasteiger partial charge is 0.273 e. The van der Waals surface area contributed by atoms with Crippen molar-refractivity contribution in [2.75, 3.05) is 0 Å². The van der Waals surface area contributed by atoms with Gasteiger partial charge in [-0.2, -0.15) is 10.2 Å². The third-order valence-corrected chi connectivity index (χ3v) is 4.86. The topological polar surface area (TPSA) is 82.9 Å². The fourth-order valence-electron chi connectivity index (χ4n) is 2.14. The Labute approximate surface area is 180 Å². The lowest BCUT2D eigenvalue weighted by Gasteiger charge is -2.04. The predicted octanol–water partition coefficient (Wildman–Crippen LogP) is 4.37. The van der Waals surface area contributed by atoms with Gasteiger partial charge in [0.05, 0.1) is 11.4 Å². The summed E-state index contributed by atoms with van der Waals surface area (Å²) in [5.74, 6) is -0.666. The molecule has 8 heteroatoms. The number of nitrogens with zero attached hydrogens (tertiary/aromatic N) is 2. The fraction of sp³-hybridized carbons (Fsp3) is 0.200. The highest BCUT2D eigenvalue weighted by Crippen LogP contribution is 2.12. The van der Waals surface area contributed by atoms with Crippen LogP contribution in [0, 0.1) is 0 Å². The van der Waals surface area contributed by atoms with Crippen LogP contribution < -0.4 is 10.9 Å². The van der Waals surface area contributed by atoms with Crippen LogP contribution in [0.25, 0.3) is 0 Å². The van der Waals surface area contributed by atoms with Gasteiger partial charge in [-0.3, -0.25) is 9.59 Å². The van der Waals surface area contributed by atoms with Crippen molar-refractivity contribution in [3.8, 4) is 0 Å². The molecule has 2 aromatic carbocycles. The summed E-state index contributed by atoms with van der Waals surface area (Å²) in [5, 5.41) is 8.12. The summed E-state index contributed by atoms with van der Waals surface area (Å²) in [6, 6.07) is 15.2. The Balaban J connectivity index is 1.78. The number of hydrogen-bond donors (Lipinski definition) is 2. The van der Waals surface area contributed by atoms with Crippen LogP contribution in [-0.2, 0) is 9.59 Å². The second-order valence-electron chi connectivity index (χ2n) is 5.98. The Kier molecular flexibility index (Phi) is 8.53. The fourth-order valence-corrected chi connectivity index (χ4v) is 2.67. The first-order chi connectivity index (χ1) is 13.3. The second kappa shape index (κ2) is 10.9. The van der Waals surface area contributed by atoms with Gasteiger partial charge in [-0.05, 0) is 49.2 Å². The lowest BCUT2D eigenvalue weighted by atomic mass is 10.1. The van der Waals surface area contributed by atoms with Crippen LogP contribution >= 0.6 is 31.9 Å². The quantitative estimate of drug-likeness (QED) is 0.430. The molecule has 0 aromatic heterocycles. The highest BCUT2D eigenvalue weighted by atomic mass is 79.9. The molecule has 0 radical (unpaired) electrons. The third-order valence-electron chi connectivity index (χ3n) is 3.80. The van der Waals surface area contributed by atoms with E-state index in [0.29, 0.717) is 11.4 Å². The molecule has 2 amide bonds. The molecule has 0 spiro atoms. The van der Waals surface area contributed by atoms with Crippen LogP contribution in [0.15, 0.2) is 67.7 Å². The molecule has 0 aliphatic rings. The Morgan fingerprint density at radius 3 is 1.36 bits per heavy atom. The summed E-state index contributed by atoms with van der Waals surface area (Å²) in [6.45, 7) is 3.60. The molecular formula is C20H20Br2N4O2. The minimum absolute atomic E-state index is 0.0236. The van der Waals surface area contributed by atoms with Crippen molar-refractivity contribution in [3.05, 3.63) is 68.6 Å². The highest BCUT2D eigenvalue weighted by Gasteiger charge is 2.07. The maximum atomic E-state index is 11.9. The number of amides is 2. The van der Waals surface area contributed by atoms with E-state index in [9.17, 15) is 9.59 Å². The first-order valence-electron chi connectivity index (χ1n) is 8.53. The summed E-state index contributed by atoms with van der Waals surface area (Å²) in [4.78, 5) is 23.8. The molecule has 0 saturated heterocycles. The SMILES string of the molecule is CC(=NNC(=O)CCC(=O)NN=C(C)c1ccc(Br)cc1)c1ccc(Br)cc1. The Morgan fingerprint density at radius 2 is 1.04 bits per heavy atom. The maximum Gasteiger partial charge on any atom is 0.240 e. The molecule has 0 atom stereocenters. The van der Waals surface area contributed by atoms with Gasteiger partial charge in [0.25, 0.3) is 0 Å². The average Bonchev–Trinajstić information content (AvgIpc) is 2.69. The van der Waals surface area contributed by atoms with Crippen molar-refractivity contribution in [1.82, 2.24) is 10.9 Å². The molecule has 0 aliphatic carbocycles. The van der Waals surface area contributed by atoms with E-state index in [1.165, 1.54) is 0 Å². The summed E-state index contributed by atoms with van der Waals surface area (Å²) in [6.07, 6.45) is 0.0472. The van der Waals surface area contributed by atoms with Gasteiger partial charge in [0.15, 0.2) is 0 Å². The van der Waals surface area contributed by atoms with Crippen LogP contribution in [-0.4, -0.2) is 23.2 Å². The van der Waals surface area contributed by atoms with Crippen LogP contribution in [0.5, 0.6) is 0 Å². The van der Waals surface area contributed by atoms with Gasteiger partial charge in [-0.1, -0.05) is 56.1 Å². The van der Waals surface area contributed by atoms with Crippen molar-refractivity contribution in [2.45, 2.75) is 26.7 Å². The van der Waals surface area contributed by atoms with Gasteiger partial charge in [0.2, 0.25) is 11.8 Å². The Hall–Kier alpha value is -2.32. The second-order valence-corrected chi connectivity index (χ2v) is 7.81. The van der Waals surface area contributed by atoms with Crippen molar-refractivity contribution in [3.63, 3.8) is 0 Å². The number of hydrazone groups is 2. The molecule has 146 valence electrons. The van der Waals surface area contributed by atoms with Gasteiger partial charge in [0.1, 0.15) is 0 Å². The van der Waals surface area contributed by atoms with Gasteiger partial charge in [0, 0.05) is 21.8 Å². The molecule has 0 heterocycles. The van der Waals surface area contributed by atoms with Crippen molar-refractivity contribution in [1.29, 1.82) is 0 Å². The molecule has 2 aromatic rings. The van der Waals surface area contributed by atoms with Crippen molar-refractivity contribution in [2.24, 2.45) is 10.2 Å². The number of nitrogens with one attached hydrogen (secondary N) is 2. The number of carbonyl (C=O) groups excluding carboxylic acids is 2. The number of rotatable bonds is 7. The Morgan fingerprint density at radius 1 is 0.714 bits per heavy atom. The van der Waals surface area contributed by atoms with Gasteiger partial charge >= 0.3 is 0 Å². The number of hydrogen-bond acceptors (Lipinski definition) is 4. The summed E-state index contributed by atoms with van der Waals surface area (Å²) in [5.41, 5.74) is 8.09. The van der Waals surface area contributed by atoms with E-state index in [4.69, 9.17) is 0 Å². The lowest BCUT2D eigenvalue weighted by molar-refractivity contribution is -0.126.